The van der Waals surface area contributed by atoms with Crippen LogP contribution in [-0.4, -0.2) is 60.3 Å². The maximum absolute atomic E-state index is 11.7. The molecule has 1 aliphatic heterocycles. The zero-order chi connectivity index (χ0) is 26.0. The van der Waals surface area contributed by atoms with Crippen molar-refractivity contribution in [2.45, 2.75) is 39.5 Å². The number of hydrogen-bond acceptors (Lipinski definition) is 8. The van der Waals surface area contributed by atoms with Gasteiger partial charge in [0.25, 0.3) is 0 Å². The summed E-state index contributed by atoms with van der Waals surface area (Å²) in [5.74, 6) is 2.63. The number of piperidine rings is 1. The largest absolute Gasteiger partial charge is 0.490 e. The number of rotatable bonds is 12. The highest BCUT2D eigenvalue weighted by atomic mass is 79.9. The average Bonchev–Trinajstić information content (AvgIpc) is 2.88. The summed E-state index contributed by atoms with van der Waals surface area (Å²) in [5, 5.41) is 4.25. The minimum Gasteiger partial charge on any atom is -0.490 e. The monoisotopic (exact) mass is 570 g/mol. The van der Waals surface area contributed by atoms with Crippen LogP contribution in [0.15, 0.2) is 47.2 Å². The molecule has 0 aliphatic carbocycles. The van der Waals surface area contributed by atoms with Crippen LogP contribution >= 0.6 is 15.9 Å². The molecule has 198 valence electrons. The average molecular weight is 572 g/mol. The molecule has 0 unspecified atom stereocenters. The third-order valence-electron chi connectivity index (χ3n) is 6.47. The summed E-state index contributed by atoms with van der Waals surface area (Å²) in [4.78, 5) is 22.8. The van der Waals surface area contributed by atoms with E-state index >= 15 is 0 Å². The van der Waals surface area contributed by atoms with Gasteiger partial charge < -0.3 is 19.5 Å². The van der Waals surface area contributed by atoms with Crippen LogP contribution in [0.5, 0.6) is 11.5 Å². The first-order valence-corrected chi connectivity index (χ1v) is 13.8. The number of anilines is 2. The van der Waals surface area contributed by atoms with E-state index in [2.05, 4.69) is 36.1 Å². The fourth-order valence-corrected chi connectivity index (χ4v) is 5.02. The standard InChI is InChI=1S/C28H35BrN4O4/c1-3-35-25-16-23-24(30-19-31-28(23)32-22-9-5-8-21(29)15-22)17-26(25)37-14-6-7-20-10-12-33(13-11-20)18-27(34)36-4-2/h5,8-9,15-17,19-20H,3-4,6-7,10-14,18H2,1-2H3,(H,30,31,32). The fourth-order valence-electron chi connectivity index (χ4n) is 4.62. The number of nitrogens with one attached hydrogen (secondary N) is 1. The van der Waals surface area contributed by atoms with Crippen LogP contribution in [0.3, 0.4) is 0 Å². The molecule has 1 N–H and O–H groups in total. The van der Waals surface area contributed by atoms with Crippen LogP contribution < -0.4 is 14.8 Å². The molecule has 2 aromatic carbocycles. The Balaban J connectivity index is 1.34. The maximum atomic E-state index is 11.7. The second-order valence-corrected chi connectivity index (χ2v) is 10.0. The van der Waals surface area contributed by atoms with E-state index in [0.717, 1.165) is 59.8 Å². The number of esters is 1. The van der Waals surface area contributed by atoms with E-state index in [9.17, 15) is 4.79 Å². The summed E-state index contributed by atoms with van der Waals surface area (Å²) in [6.07, 6.45) is 5.83. The Morgan fingerprint density at radius 3 is 2.65 bits per heavy atom. The van der Waals surface area contributed by atoms with E-state index < -0.39 is 0 Å². The van der Waals surface area contributed by atoms with Gasteiger partial charge in [0.2, 0.25) is 0 Å². The van der Waals surface area contributed by atoms with Crippen molar-refractivity contribution in [1.29, 1.82) is 0 Å². The van der Waals surface area contributed by atoms with Gasteiger partial charge in [0, 0.05) is 21.6 Å². The Morgan fingerprint density at radius 2 is 1.89 bits per heavy atom. The molecule has 0 saturated carbocycles. The summed E-state index contributed by atoms with van der Waals surface area (Å²) < 4.78 is 18.2. The van der Waals surface area contributed by atoms with E-state index in [-0.39, 0.29) is 5.97 Å². The van der Waals surface area contributed by atoms with Crippen LogP contribution in [0.4, 0.5) is 11.5 Å². The lowest BCUT2D eigenvalue weighted by atomic mass is 9.92. The number of carbonyl (C=O) groups excluding carboxylic acids is 1. The van der Waals surface area contributed by atoms with Gasteiger partial charge in [-0.1, -0.05) is 22.0 Å². The number of nitrogens with zero attached hydrogens (tertiary/aromatic N) is 3. The Morgan fingerprint density at radius 1 is 1.08 bits per heavy atom. The molecular formula is C28H35BrN4O4. The number of hydrogen-bond donors (Lipinski definition) is 1. The quantitative estimate of drug-likeness (QED) is 0.210. The molecular weight excluding hydrogens is 536 g/mol. The number of likely N-dealkylation sites (tertiary alicyclic amines) is 1. The molecule has 1 aromatic heterocycles. The van der Waals surface area contributed by atoms with Gasteiger partial charge in [-0.3, -0.25) is 9.69 Å². The number of carbonyl (C=O) groups is 1. The molecule has 0 spiro atoms. The molecule has 1 saturated heterocycles. The number of aromatic nitrogens is 2. The Bertz CT molecular complexity index is 1180. The predicted octanol–water partition coefficient (Wildman–Crippen LogP) is 5.97. The molecule has 0 amide bonds. The highest BCUT2D eigenvalue weighted by Gasteiger charge is 2.21. The highest BCUT2D eigenvalue weighted by Crippen LogP contribution is 2.35. The Kier molecular flexibility index (Phi) is 9.96. The molecule has 1 fully saturated rings. The zero-order valence-electron chi connectivity index (χ0n) is 21.5. The van der Waals surface area contributed by atoms with Gasteiger partial charge in [-0.25, -0.2) is 9.97 Å². The first-order valence-electron chi connectivity index (χ1n) is 13.0. The summed E-state index contributed by atoms with van der Waals surface area (Å²) in [7, 11) is 0. The molecule has 4 rings (SSSR count). The van der Waals surface area contributed by atoms with E-state index in [1.54, 1.807) is 6.33 Å². The molecule has 0 radical (unpaired) electrons. The van der Waals surface area contributed by atoms with Crippen LogP contribution in [0.1, 0.15) is 39.5 Å². The highest BCUT2D eigenvalue weighted by molar-refractivity contribution is 9.10. The molecule has 8 nitrogen and oxygen atoms in total. The van der Waals surface area contributed by atoms with Crippen molar-refractivity contribution in [3.8, 4) is 11.5 Å². The third kappa shape index (κ3) is 7.79. The Hall–Kier alpha value is -2.91. The van der Waals surface area contributed by atoms with E-state index in [1.165, 1.54) is 0 Å². The van der Waals surface area contributed by atoms with Crippen molar-refractivity contribution in [2.75, 3.05) is 44.8 Å². The second-order valence-electron chi connectivity index (χ2n) is 9.12. The van der Waals surface area contributed by atoms with Crippen LogP contribution in [0.25, 0.3) is 10.9 Å². The number of halogens is 1. The smallest absolute Gasteiger partial charge is 0.320 e. The van der Waals surface area contributed by atoms with Crippen LogP contribution in [-0.2, 0) is 9.53 Å². The SMILES string of the molecule is CCOC(=O)CN1CCC(CCCOc2cc3ncnc(Nc4cccc(Br)c4)c3cc2OCC)CC1. The van der Waals surface area contributed by atoms with Crippen LogP contribution in [0.2, 0.25) is 0 Å². The molecule has 37 heavy (non-hydrogen) atoms. The number of ether oxygens (including phenoxy) is 3. The number of fused-ring (bicyclic) bond motifs is 1. The minimum absolute atomic E-state index is 0.129. The second kappa shape index (κ2) is 13.6. The van der Waals surface area contributed by atoms with Crippen molar-refractivity contribution in [3.63, 3.8) is 0 Å². The topological polar surface area (TPSA) is 85.8 Å². The summed E-state index contributed by atoms with van der Waals surface area (Å²) in [6.45, 7) is 7.68. The van der Waals surface area contributed by atoms with Gasteiger partial charge >= 0.3 is 5.97 Å². The number of benzene rings is 2. The molecule has 0 bridgehead atoms. The molecule has 0 atom stereocenters. The first kappa shape index (κ1) is 27.1. The zero-order valence-corrected chi connectivity index (χ0v) is 23.1. The molecule has 3 aromatic rings. The lowest BCUT2D eigenvalue weighted by Crippen LogP contribution is -2.38. The summed E-state index contributed by atoms with van der Waals surface area (Å²) in [6, 6.07) is 11.8. The lowest BCUT2D eigenvalue weighted by molar-refractivity contribution is -0.144. The predicted molar refractivity (Wildman–Crippen MR) is 149 cm³/mol. The minimum atomic E-state index is -0.129. The third-order valence-corrected chi connectivity index (χ3v) is 6.96. The normalized spacial score (nSPS) is 14.5. The first-order chi connectivity index (χ1) is 18.1. The summed E-state index contributed by atoms with van der Waals surface area (Å²) >= 11 is 3.51. The van der Waals surface area contributed by atoms with Crippen molar-refractivity contribution in [3.05, 3.63) is 47.2 Å². The van der Waals surface area contributed by atoms with Gasteiger partial charge in [0.15, 0.2) is 11.5 Å². The van der Waals surface area contributed by atoms with Crippen molar-refractivity contribution < 1.29 is 19.0 Å². The van der Waals surface area contributed by atoms with E-state index in [0.29, 0.717) is 49.6 Å². The van der Waals surface area contributed by atoms with Gasteiger partial charge in [-0.05, 0) is 82.8 Å². The van der Waals surface area contributed by atoms with Gasteiger partial charge in [-0.2, -0.15) is 0 Å². The van der Waals surface area contributed by atoms with Crippen molar-refractivity contribution >= 4 is 44.3 Å². The van der Waals surface area contributed by atoms with Crippen molar-refractivity contribution in [2.24, 2.45) is 5.92 Å². The van der Waals surface area contributed by atoms with E-state index in [4.69, 9.17) is 14.2 Å². The Labute approximate surface area is 226 Å². The summed E-state index contributed by atoms with van der Waals surface area (Å²) in [5.41, 5.74) is 1.72. The van der Waals surface area contributed by atoms with E-state index in [1.807, 2.05) is 50.2 Å². The molecule has 2 heterocycles. The fraction of sp³-hybridized carbons (Fsp3) is 0.464. The lowest BCUT2D eigenvalue weighted by Gasteiger charge is -2.31. The maximum Gasteiger partial charge on any atom is 0.320 e. The van der Waals surface area contributed by atoms with Crippen LogP contribution in [0, 0.1) is 5.92 Å². The molecule has 9 heteroatoms. The van der Waals surface area contributed by atoms with Gasteiger partial charge in [0.1, 0.15) is 12.1 Å². The van der Waals surface area contributed by atoms with Crippen molar-refractivity contribution in [1.82, 2.24) is 14.9 Å². The van der Waals surface area contributed by atoms with Gasteiger partial charge in [-0.15, -0.1) is 0 Å². The van der Waals surface area contributed by atoms with Gasteiger partial charge in [0.05, 0.1) is 31.9 Å². The molecule has 1 aliphatic rings.